The summed E-state index contributed by atoms with van der Waals surface area (Å²) in [5, 5.41) is 7.07. The summed E-state index contributed by atoms with van der Waals surface area (Å²) in [6, 6.07) is -0.0509. The SMILES string of the molecule is CCC(=N)[C@H](C)N. The molecule has 0 aliphatic carbocycles. The van der Waals surface area contributed by atoms with Crippen molar-refractivity contribution in [3.05, 3.63) is 0 Å². The van der Waals surface area contributed by atoms with Crippen molar-refractivity contribution in [2.45, 2.75) is 26.3 Å². The van der Waals surface area contributed by atoms with Crippen molar-refractivity contribution in [2.24, 2.45) is 5.73 Å². The van der Waals surface area contributed by atoms with E-state index < -0.39 is 0 Å². The minimum absolute atomic E-state index is 0.0509. The highest BCUT2D eigenvalue weighted by molar-refractivity contribution is 5.85. The zero-order valence-electron chi connectivity index (χ0n) is 4.86. The first kappa shape index (κ1) is 6.63. The highest BCUT2D eigenvalue weighted by Gasteiger charge is 1.96. The second-order valence-electron chi connectivity index (χ2n) is 1.67. The molecule has 0 unspecified atom stereocenters. The Hall–Kier alpha value is -0.370. The fourth-order valence-electron chi connectivity index (χ4n) is 0.322. The van der Waals surface area contributed by atoms with E-state index in [0.717, 1.165) is 6.42 Å². The molecule has 0 aliphatic rings. The molecule has 0 aromatic rings. The zero-order valence-corrected chi connectivity index (χ0v) is 4.86. The van der Waals surface area contributed by atoms with Crippen LogP contribution in [0.5, 0.6) is 0 Å². The van der Waals surface area contributed by atoms with Gasteiger partial charge in [-0.25, -0.2) is 0 Å². The third kappa shape index (κ3) is 2.34. The van der Waals surface area contributed by atoms with Gasteiger partial charge in [0.1, 0.15) is 0 Å². The van der Waals surface area contributed by atoms with E-state index in [1.165, 1.54) is 0 Å². The summed E-state index contributed by atoms with van der Waals surface area (Å²) in [7, 11) is 0. The maximum Gasteiger partial charge on any atom is 0.0394 e. The molecule has 0 radical (unpaired) electrons. The molecule has 1 atom stereocenters. The maximum atomic E-state index is 7.07. The van der Waals surface area contributed by atoms with E-state index in [1.54, 1.807) is 0 Å². The first-order valence-electron chi connectivity index (χ1n) is 2.51. The van der Waals surface area contributed by atoms with Crippen LogP contribution < -0.4 is 5.73 Å². The van der Waals surface area contributed by atoms with Crippen molar-refractivity contribution >= 4 is 5.71 Å². The van der Waals surface area contributed by atoms with Crippen molar-refractivity contribution in [2.75, 3.05) is 0 Å². The van der Waals surface area contributed by atoms with Crippen molar-refractivity contribution < 1.29 is 0 Å². The molecule has 7 heavy (non-hydrogen) atoms. The summed E-state index contributed by atoms with van der Waals surface area (Å²) in [6.45, 7) is 3.76. The molecule has 0 saturated heterocycles. The maximum absolute atomic E-state index is 7.07. The Morgan fingerprint density at radius 2 is 2.29 bits per heavy atom. The van der Waals surface area contributed by atoms with E-state index in [1.807, 2.05) is 13.8 Å². The van der Waals surface area contributed by atoms with E-state index >= 15 is 0 Å². The third-order valence-corrected chi connectivity index (χ3v) is 0.931. The van der Waals surface area contributed by atoms with E-state index in [4.69, 9.17) is 11.1 Å². The molecule has 0 heterocycles. The predicted octanol–water partition coefficient (Wildman–Crippen LogP) is 0.763. The second-order valence-corrected chi connectivity index (χ2v) is 1.67. The van der Waals surface area contributed by atoms with Crippen LogP contribution in [0.25, 0.3) is 0 Å². The van der Waals surface area contributed by atoms with Crippen LogP contribution in [0.3, 0.4) is 0 Å². The second kappa shape index (κ2) is 2.75. The highest BCUT2D eigenvalue weighted by Crippen LogP contribution is 1.84. The highest BCUT2D eigenvalue weighted by atomic mass is 14.7. The van der Waals surface area contributed by atoms with Crippen molar-refractivity contribution in [1.82, 2.24) is 0 Å². The van der Waals surface area contributed by atoms with Crippen LogP contribution in [-0.2, 0) is 0 Å². The minimum atomic E-state index is -0.0509. The Morgan fingerprint density at radius 3 is 2.29 bits per heavy atom. The van der Waals surface area contributed by atoms with Crippen LogP contribution in [0.15, 0.2) is 0 Å². The molecule has 0 aromatic carbocycles. The Bertz CT molecular complexity index is 66.5. The lowest BCUT2D eigenvalue weighted by Crippen LogP contribution is -2.24. The summed E-state index contributed by atoms with van der Waals surface area (Å²) < 4.78 is 0. The van der Waals surface area contributed by atoms with Gasteiger partial charge in [0, 0.05) is 11.8 Å². The lowest BCUT2D eigenvalue weighted by molar-refractivity contribution is 0.930. The average Bonchev–Trinajstić information content (AvgIpc) is 1.65. The smallest absolute Gasteiger partial charge is 0.0394 e. The van der Waals surface area contributed by atoms with Gasteiger partial charge < -0.3 is 11.1 Å². The average molecular weight is 100 g/mol. The first-order chi connectivity index (χ1) is 3.18. The van der Waals surface area contributed by atoms with Crippen molar-refractivity contribution in [3.8, 4) is 0 Å². The molecule has 0 aliphatic heterocycles. The van der Waals surface area contributed by atoms with Gasteiger partial charge in [0.25, 0.3) is 0 Å². The van der Waals surface area contributed by atoms with Gasteiger partial charge in [-0.05, 0) is 13.3 Å². The molecule has 42 valence electrons. The molecular formula is C5H12N2. The molecule has 0 saturated carbocycles. The summed E-state index contributed by atoms with van der Waals surface area (Å²) in [6.07, 6.45) is 0.775. The lowest BCUT2D eigenvalue weighted by Gasteiger charge is -2.01. The molecule has 2 heteroatoms. The van der Waals surface area contributed by atoms with Gasteiger partial charge in [0.2, 0.25) is 0 Å². The van der Waals surface area contributed by atoms with Crippen LogP contribution >= 0.6 is 0 Å². The van der Waals surface area contributed by atoms with Gasteiger partial charge in [-0.1, -0.05) is 6.92 Å². The largest absolute Gasteiger partial charge is 0.323 e. The normalized spacial score (nSPS) is 13.6. The number of hydrogen-bond acceptors (Lipinski definition) is 2. The van der Waals surface area contributed by atoms with E-state index in [2.05, 4.69) is 0 Å². The van der Waals surface area contributed by atoms with Gasteiger partial charge in [0.15, 0.2) is 0 Å². The van der Waals surface area contributed by atoms with E-state index in [9.17, 15) is 0 Å². The Balaban J connectivity index is 3.35. The summed E-state index contributed by atoms with van der Waals surface area (Å²) in [5.74, 6) is 0. The molecule has 0 amide bonds. The fraction of sp³-hybridized carbons (Fsp3) is 0.800. The topological polar surface area (TPSA) is 49.9 Å². The van der Waals surface area contributed by atoms with Crippen LogP contribution in [0.2, 0.25) is 0 Å². The number of rotatable bonds is 2. The Morgan fingerprint density at radius 1 is 1.86 bits per heavy atom. The quantitative estimate of drug-likeness (QED) is 0.494. The molecule has 2 nitrogen and oxygen atoms in total. The number of hydrogen-bond donors (Lipinski definition) is 2. The summed E-state index contributed by atoms with van der Waals surface area (Å²) in [5.41, 5.74) is 5.95. The van der Waals surface area contributed by atoms with Gasteiger partial charge in [-0.15, -0.1) is 0 Å². The Labute approximate surface area is 44.2 Å². The van der Waals surface area contributed by atoms with Crippen molar-refractivity contribution in [3.63, 3.8) is 0 Å². The fourth-order valence-corrected chi connectivity index (χ4v) is 0.322. The molecule has 0 aromatic heterocycles. The summed E-state index contributed by atoms with van der Waals surface area (Å²) in [4.78, 5) is 0. The predicted molar refractivity (Wildman–Crippen MR) is 31.7 cm³/mol. The van der Waals surface area contributed by atoms with Gasteiger partial charge >= 0.3 is 0 Å². The van der Waals surface area contributed by atoms with E-state index in [-0.39, 0.29) is 6.04 Å². The Kier molecular flexibility index (Phi) is 2.60. The van der Waals surface area contributed by atoms with Crippen molar-refractivity contribution in [1.29, 1.82) is 5.41 Å². The molecule has 0 spiro atoms. The zero-order chi connectivity index (χ0) is 5.86. The summed E-state index contributed by atoms with van der Waals surface area (Å²) >= 11 is 0. The number of nitrogens with two attached hydrogens (primary N) is 1. The number of nitrogens with one attached hydrogen (secondary N) is 1. The van der Waals surface area contributed by atoms with Gasteiger partial charge in [-0.2, -0.15) is 0 Å². The monoisotopic (exact) mass is 100 g/mol. The lowest BCUT2D eigenvalue weighted by atomic mass is 10.2. The molecule has 3 N–H and O–H groups in total. The first-order valence-corrected chi connectivity index (χ1v) is 2.51. The third-order valence-electron chi connectivity index (χ3n) is 0.931. The van der Waals surface area contributed by atoms with E-state index in [0.29, 0.717) is 5.71 Å². The molecule has 0 bridgehead atoms. The standard InChI is InChI=1S/C5H12N2/c1-3-5(7)4(2)6/h4,7H,3,6H2,1-2H3/t4-/m0/s1. The van der Waals surface area contributed by atoms with Crippen LogP contribution in [0.1, 0.15) is 20.3 Å². The van der Waals surface area contributed by atoms with Crippen LogP contribution in [0.4, 0.5) is 0 Å². The molecule has 0 fully saturated rings. The van der Waals surface area contributed by atoms with Crippen LogP contribution in [-0.4, -0.2) is 11.8 Å². The molecule has 0 rings (SSSR count). The molecular weight excluding hydrogens is 88.1 g/mol. The van der Waals surface area contributed by atoms with Crippen LogP contribution in [0, 0.1) is 5.41 Å². The minimum Gasteiger partial charge on any atom is -0.323 e. The van der Waals surface area contributed by atoms with Gasteiger partial charge in [0.05, 0.1) is 0 Å². The van der Waals surface area contributed by atoms with Gasteiger partial charge in [-0.3, -0.25) is 0 Å².